The van der Waals surface area contributed by atoms with Gasteiger partial charge in [-0.05, 0) is 61.9 Å². The monoisotopic (exact) mass is 525 g/mol. The summed E-state index contributed by atoms with van der Waals surface area (Å²) in [4.78, 5) is 23.2. The summed E-state index contributed by atoms with van der Waals surface area (Å²) in [5.41, 5.74) is 3.50. The number of rotatable bonds is 10. The molecule has 10 heteroatoms. The van der Waals surface area contributed by atoms with Crippen LogP contribution in [0.1, 0.15) is 52.2 Å². The van der Waals surface area contributed by atoms with Gasteiger partial charge in [-0.15, -0.1) is 0 Å². The number of anilines is 1. The van der Waals surface area contributed by atoms with E-state index in [4.69, 9.17) is 20.8 Å². The Morgan fingerprint density at radius 3 is 2.95 bits per heavy atom. The smallest absolute Gasteiger partial charge is 0.251 e. The number of aliphatic hydroxyl groups excluding tert-OH is 1. The normalized spacial score (nSPS) is 16.5. The van der Waals surface area contributed by atoms with Crippen LogP contribution in [0.3, 0.4) is 0 Å². The van der Waals surface area contributed by atoms with Crippen LogP contribution >= 0.6 is 11.6 Å². The minimum absolute atomic E-state index is 0.171. The van der Waals surface area contributed by atoms with Crippen molar-refractivity contribution < 1.29 is 19.1 Å². The van der Waals surface area contributed by atoms with Crippen molar-refractivity contribution in [1.29, 1.82) is 0 Å². The van der Waals surface area contributed by atoms with Crippen LogP contribution in [0.15, 0.2) is 41.3 Å². The van der Waals surface area contributed by atoms with Gasteiger partial charge in [0.25, 0.3) is 5.91 Å². The number of pyridine rings is 1. The maximum absolute atomic E-state index is 12.6. The zero-order valence-electron chi connectivity index (χ0n) is 20.9. The topological polar surface area (TPSA) is 113 Å². The lowest BCUT2D eigenvalue weighted by Gasteiger charge is -2.31. The van der Waals surface area contributed by atoms with Gasteiger partial charge in [0, 0.05) is 44.0 Å². The highest BCUT2D eigenvalue weighted by atomic mass is 35.5. The first-order valence-corrected chi connectivity index (χ1v) is 13.1. The number of benzene rings is 1. The number of ether oxygens (including phenoxy) is 1. The highest BCUT2D eigenvalue weighted by molar-refractivity contribution is 6.33. The number of β-amino-alcohol motifs (C(OH)–C–C–N with tert-alkyl or cyclic N) is 1. The molecule has 3 aromatic rings. The van der Waals surface area contributed by atoms with Crippen LogP contribution in [0.5, 0.6) is 5.75 Å². The van der Waals surface area contributed by atoms with Crippen LogP contribution < -0.4 is 15.4 Å². The van der Waals surface area contributed by atoms with Crippen molar-refractivity contribution >= 4 is 23.3 Å². The SMILES string of the molecule is Cc1ncoc1COc1ccc2c(c1Cl)CCN(CC(O)CNC(=O)c1ccnc(NC3CCC3)c1)C2. The fourth-order valence-corrected chi connectivity index (χ4v) is 4.94. The van der Waals surface area contributed by atoms with E-state index in [0.717, 1.165) is 42.6 Å². The molecule has 1 fully saturated rings. The number of hydrogen-bond acceptors (Lipinski definition) is 8. The number of halogens is 1. The highest BCUT2D eigenvalue weighted by Gasteiger charge is 2.23. The second kappa shape index (κ2) is 11.5. The van der Waals surface area contributed by atoms with Gasteiger partial charge in [0.15, 0.2) is 12.2 Å². The molecular formula is C27H32ClN5O4. The molecule has 0 saturated heterocycles. The Kier molecular flexibility index (Phi) is 7.93. The summed E-state index contributed by atoms with van der Waals surface area (Å²) in [5, 5.41) is 17.4. The van der Waals surface area contributed by atoms with E-state index in [1.54, 1.807) is 18.3 Å². The lowest BCUT2D eigenvalue weighted by molar-refractivity contribution is 0.0841. The second-order valence-electron chi connectivity index (χ2n) is 9.72. The van der Waals surface area contributed by atoms with Gasteiger partial charge in [0.05, 0.1) is 16.8 Å². The summed E-state index contributed by atoms with van der Waals surface area (Å²) in [6.07, 6.45) is 6.59. The van der Waals surface area contributed by atoms with Crippen LogP contribution in [0.4, 0.5) is 5.82 Å². The van der Waals surface area contributed by atoms with Gasteiger partial charge in [-0.2, -0.15) is 0 Å². The third-order valence-corrected chi connectivity index (χ3v) is 7.44. The standard InChI is InChI=1S/C27H32ClN5O4/c1-17-24(37-16-31-17)15-36-23-6-5-19-13-33(10-8-22(19)26(23)28)14-21(34)12-30-27(35)18-7-9-29-25(11-18)32-20-3-2-4-20/h5-7,9,11,16,20-21,34H,2-4,8,10,12-15H2,1H3,(H,29,32)(H,30,35). The summed E-state index contributed by atoms with van der Waals surface area (Å²) in [7, 11) is 0. The predicted octanol–water partition coefficient (Wildman–Crippen LogP) is 3.72. The van der Waals surface area contributed by atoms with Crippen molar-refractivity contribution in [1.82, 2.24) is 20.2 Å². The molecule has 3 N–H and O–H groups in total. The first kappa shape index (κ1) is 25.5. The van der Waals surface area contributed by atoms with E-state index < -0.39 is 6.10 Å². The molecule has 0 bridgehead atoms. The minimum atomic E-state index is -0.692. The number of amides is 1. The fraction of sp³-hybridized carbons (Fsp3) is 0.444. The first-order valence-electron chi connectivity index (χ1n) is 12.7. The second-order valence-corrected chi connectivity index (χ2v) is 10.1. The molecule has 1 atom stereocenters. The van der Waals surface area contributed by atoms with E-state index in [2.05, 4.69) is 25.5 Å². The molecule has 0 spiro atoms. The van der Waals surface area contributed by atoms with E-state index in [0.29, 0.717) is 47.0 Å². The molecule has 37 heavy (non-hydrogen) atoms. The molecule has 1 aromatic carbocycles. The van der Waals surface area contributed by atoms with Crippen molar-refractivity contribution in [3.05, 3.63) is 70.0 Å². The Hall–Kier alpha value is -3.14. The molecule has 3 heterocycles. The average molecular weight is 526 g/mol. The number of hydrogen-bond donors (Lipinski definition) is 3. The number of carbonyl (C=O) groups excluding carboxylic acids is 1. The van der Waals surface area contributed by atoms with Gasteiger partial charge in [-0.1, -0.05) is 17.7 Å². The van der Waals surface area contributed by atoms with Crippen LogP contribution in [-0.4, -0.2) is 57.7 Å². The van der Waals surface area contributed by atoms with Gasteiger partial charge in [0.1, 0.15) is 18.2 Å². The molecule has 2 aliphatic rings. The van der Waals surface area contributed by atoms with E-state index in [-0.39, 0.29) is 19.1 Å². The molecule has 196 valence electrons. The molecule has 1 amide bonds. The molecule has 1 aliphatic heterocycles. The number of carbonyl (C=O) groups is 1. The number of nitrogens with one attached hydrogen (secondary N) is 2. The Morgan fingerprint density at radius 2 is 2.19 bits per heavy atom. The van der Waals surface area contributed by atoms with E-state index in [9.17, 15) is 9.90 Å². The lowest BCUT2D eigenvalue weighted by atomic mass is 9.93. The first-order chi connectivity index (χ1) is 18.0. The quantitative estimate of drug-likeness (QED) is 0.367. The molecule has 2 aromatic heterocycles. The third kappa shape index (κ3) is 6.23. The number of oxazole rings is 1. The van der Waals surface area contributed by atoms with Crippen molar-refractivity contribution in [2.45, 2.75) is 57.9 Å². The molecule has 1 saturated carbocycles. The summed E-state index contributed by atoms with van der Waals surface area (Å²) in [5.74, 6) is 1.79. The van der Waals surface area contributed by atoms with Gasteiger partial charge >= 0.3 is 0 Å². The summed E-state index contributed by atoms with van der Waals surface area (Å²) < 4.78 is 11.2. The fourth-order valence-electron chi connectivity index (χ4n) is 4.61. The maximum atomic E-state index is 12.6. The predicted molar refractivity (Wildman–Crippen MR) is 140 cm³/mol. The van der Waals surface area contributed by atoms with Crippen molar-refractivity contribution in [3.8, 4) is 5.75 Å². The van der Waals surface area contributed by atoms with Gasteiger partial charge in [-0.3, -0.25) is 9.69 Å². The van der Waals surface area contributed by atoms with E-state index in [1.807, 2.05) is 19.1 Å². The lowest BCUT2D eigenvalue weighted by Crippen LogP contribution is -2.42. The van der Waals surface area contributed by atoms with Crippen molar-refractivity contribution in [2.24, 2.45) is 0 Å². The molecule has 1 aliphatic carbocycles. The van der Waals surface area contributed by atoms with Gasteiger partial charge in [0.2, 0.25) is 0 Å². The van der Waals surface area contributed by atoms with E-state index in [1.165, 1.54) is 12.8 Å². The largest absolute Gasteiger partial charge is 0.484 e. The highest BCUT2D eigenvalue weighted by Crippen LogP contribution is 2.34. The molecule has 5 rings (SSSR count). The number of aryl methyl sites for hydroxylation is 1. The molecular weight excluding hydrogens is 494 g/mol. The summed E-state index contributed by atoms with van der Waals surface area (Å²) in [6.45, 7) is 4.18. The van der Waals surface area contributed by atoms with Crippen LogP contribution in [0.25, 0.3) is 0 Å². The average Bonchev–Trinajstić information content (AvgIpc) is 3.29. The Labute approximate surface area is 221 Å². The van der Waals surface area contributed by atoms with Crippen LogP contribution in [-0.2, 0) is 19.6 Å². The Bertz CT molecular complexity index is 1250. The summed E-state index contributed by atoms with van der Waals surface area (Å²) >= 11 is 6.66. The minimum Gasteiger partial charge on any atom is -0.484 e. The Balaban J connectivity index is 1.10. The Morgan fingerprint density at radius 1 is 1.32 bits per heavy atom. The molecule has 0 radical (unpaired) electrons. The number of nitrogens with zero attached hydrogens (tertiary/aromatic N) is 3. The van der Waals surface area contributed by atoms with Crippen molar-refractivity contribution in [2.75, 3.05) is 25.0 Å². The number of aromatic nitrogens is 2. The van der Waals surface area contributed by atoms with E-state index >= 15 is 0 Å². The van der Waals surface area contributed by atoms with Gasteiger partial charge < -0.3 is 24.9 Å². The van der Waals surface area contributed by atoms with Crippen LogP contribution in [0.2, 0.25) is 5.02 Å². The zero-order chi connectivity index (χ0) is 25.8. The molecule has 9 nitrogen and oxygen atoms in total. The number of aliphatic hydroxyl groups is 1. The van der Waals surface area contributed by atoms with Crippen LogP contribution in [0, 0.1) is 6.92 Å². The zero-order valence-corrected chi connectivity index (χ0v) is 21.6. The molecule has 1 unspecified atom stereocenters. The van der Waals surface area contributed by atoms with Gasteiger partial charge in [-0.25, -0.2) is 9.97 Å². The maximum Gasteiger partial charge on any atom is 0.251 e. The summed E-state index contributed by atoms with van der Waals surface area (Å²) in [6, 6.07) is 7.78. The van der Waals surface area contributed by atoms with Crippen molar-refractivity contribution in [3.63, 3.8) is 0 Å². The third-order valence-electron chi connectivity index (χ3n) is 7.03. The number of fused-ring (bicyclic) bond motifs is 1.